The van der Waals surface area contributed by atoms with Crippen molar-refractivity contribution >= 4 is 41.8 Å². The largest absolute Gasteiger partial charge is 0.376 e. The number of piperidine rings is 1. The average molecular weight is 553 g/mol. The molecular formula is C21H41IN6O3. The molecule has 2 heterocycles. The van der Waals surface area contributed by atoms with Gasteiger partial charge in [0.2, 0.25) is 11.8 Å². The molecule has 0 aromatic rings. The molecule has 3 N–H and O–H groups in total. The molecule has 0 spiro atoms. The highest BCUT2D eigenvalue weighted by Gasteiger charge is 2.22. The highest BCUT2D eigenvalue weighted by Crippen LogP contribution is 2.12. The van der Waals surface area contributed by atoms with Gasteiger partial charge in [-0.15, -0.1) is 24.0 Å². The van der Waals surface area contributed by atoms with E-state index >= 15 is 0 Å². The maximum Gasteiger partial charge on any atom is 0.243 e. The molecule has 0 aliphatic carbocycles. The maximum absolute atomic E-state index is 12.0. The van der Waals surface area contributed by atoms with Crippen LogP contribution in [0.5, 0.6) is 0 Å². The van der Waals surface area contributed by atoms with Crippen molar-refractivity contribution in [3.8, 4) is 0 Å². The summed E-state index contributed by atoms with van der Waals surface area (Å²) >= 11 is 0. The van der Waals surface area contributed by atoms with Gasteiger partial charge < -0.3 is 25.6 Å². The molecule has 0 aromatic carbocycles. The Morgan fingerprint density at radius 1 is 1.13 bits per heavy atom. The zero-order valence-electron chi connectivity index (χ0n) is 19.3. The fraction of sp³-hybridized carbons (Fsp3) is 0.857. The summed E-state index contributed by atoms with van der Waals surface area (Å²) in [6.45, 7) is 6.61. The van der Waals surface area contributed by atoms with Crippen LogP contribution in [0, 0.1) is 0 Å². The van der Waals surface area contributed by atoms with E-state index in [4.69, 9.17) is 4.74 Å². The second kappa shape index (κ2) is 15.6. The highest BCUT2D eigenvalue weighted by atomic mass is 127. The van der Waals surface area contributed by atoms with Crippen molar-refractivity contribution in [2.75, 3.05) is 60.0 Å². The van der Waals surface area contributed by atoms with Crippen LogP contribution in [-0.2, 0) is 14.3 Å². The van der Waals surface area contributed by atoms with Gasteiger partial charge in [-0.25, -0.2) is 4.99 Å². The van der Waals surface area contributed by atoms with E-state index in [1.54, 1.807) is 19.0 Å². The Labute approximate surface area is 204 Å². The van der Waals surface area contributed by atoms with Gasteiger partial charge in [-0.3, -0.25) is 14.5 Å². The first-order valence-corrected chi connectivity index (χ1v) is 11.3. The van der Waals surface area contributed by atoms with Gasteiger partial charge in [-0.2, -0.15) is 0 Å². The standard InChI is InChI=1S/C21H40N6O3.HI/c1-4-10-22-19(28)16-27-11-8-17(9-12-27)25-21(24-15-20(29)26(2)3)23-14-18-7-5-6-13-30-18;/h17-18H,4-16H2,1-3H3,(H,22,28)(H2,23,24,25);1H. The monoisotopic (exact) mass is 552 g/mol. The molecule has 0 saturated carbocycles. The predicted molar refractivity (Wildman–Crippen MR) is 134 cm³/mol. The third-order valence-electron chi connectivity index (χ3n) is 5.51. The molecule has 2 saturated heterocycles. The molecule has 0 radical (unpaired) electrons. The zero-order chi connectivity index (χ0) is 21.8. The summed E-state index contributed by atoms with van der Waals surface area (Å²) in [5.74, 6) is 0.735. The van der Waals surface area contributed by atoms with Crippen LogP contribution in [0.25, 0.3) is 0 Å². The number of nitrogens with zero attached hydrogens (tertiary/aromatic N) is 3. The van der Waals surface area contributed by atoms with Crippen LogP contribution in [0.15, 0.2) is 4.99 Å². The van der Waals surface area contributed by atoms with Crippen LogP contribution in [-0.4, -0.2) is 99.7 Å². The molecule has 180 valence electrons. The van der Waals surface area contributed by atoms with Crippen molar-refractivity contribution in [3.63, 3.8) is 0 Å². The minimum atomic E-state index is -0.0297. The van der Waals surface area contributed by atoms with Gasteiger partial charge in [0.1, 0.15) is 6.54 Å². The Hall–Kier alpha value is -1.14. The zero-order valence-corrected chi connectivity index (χ0v) is 21.7. The molecule has 2 rings (SSSR count). The second-order valence-electron chi connectivity index (χ2n) is 8.37. The molecule has 10 heteroatoms. The van der Waals surface area contributed by atoms with Gasteiger partial charge in [-0.05, 0) is 38.5 Å². The molecule has 1 atom stereocenters. The van der Waals surface area contributed by atoms with E-state index in [1.807, 2.05) is 0 Å². The number of carbonyl (C=O) groups is 2. The average Bonchev–Trinajstić information content (AvgIpc) is 2.75. The number of guanidine groups is 1. The molecule has 9 nitrogen and oxygen atoms in total. The van der Waals surface area contributed by atoms with Crippen LogP contribution < -0.4 is 16.0 Å². The van der Waals surface area contributed by atoms with Crippen LogP contribution in [0.3, 0.4) is 0 Å². The third kappa shape index (κ3) is 11.3. The molecular weight excluding hydrogens is 511 g/mol. The van der Waals surface area contributed by atoms with Crippen molar-refractivity contribution in [3.05, 3.63) is 0 Å². The van der Waals surface area contributed by atoms with Crippen molar-refractivity contribution in [1.82, 2.24) is 25.8 Å². The van der Waals surface area contributed by atoms with E-state index in [2.05, 4.69) is 32.8 Å². The Kier molecular flexibility index (Phi) is 14.1. The Bertz CT molecular complexity index is 561. The summed E-state index contributed by atoms with van der Waals surface area (Å²) in [7, 11) is 3.47. The van der Waals surface area contributed by atoms with Crippen molar-refractivity contribution in [1.29, 1.82) is 0 Å². The molecule has 0 bridgehead atoms. The molecule has 1 unspecified atom stereocenters. The number of nitrogens with one attached hydrogen (secondary N) is 3. The smallest absolute Gasteiger partial charge is 0.243 e. The fourth-order valence-corrected chi connectivity index (χ4v) is 3.57. The lowest BCUT2D eigenvalue weighted by Crippen LogP contribution is -2.51. The minimum absolute atomic E-state index is 0. The summed E-state index contributed by atoms with van der Waals surface area (Å²) in [6, 6.07) is 0.271. The van der Waals surface area contributed by atoms with Gasteiger partial charge in [-0.1, -0.05) is 6.92 Å². The first-order valence-electron chi connectivity index (χ1n) is 11.3. The molecule has 31 heavy (non-hydrogen) atoms. The normalized spacial score (nSPS) is 20.5. The second-order valence-corrected chi connectivity index (χ2v) is 8.37. The van der Waals surface area contributed by atoms with E-state index in [0.29, 0.717) is 19.0 Å². The first kappa shape index (κ1) is 27.9. The number of rotatable bonds is 9. The summed E-state index contributed by atoms with van der Waals surface area (Å²) < 4.78 is 5.80. The van der Waals surface area contributed by atoms with Gasteiger partial charge in [0.15, 0.2) is 5.96 Å². The Morgan fingerprint density at radius 3 is 2.48 bits per heavy atom. The summed E-state index contributed by atoms with van der Waals surface area (Å²) in [5, 5.41) is 9.78. The lowest BCUT2D eigenvalue weighted by molar-refractivity contribution is -0.127. The Balaban J connectivity index is 0.00000480. The molecule has 2 aliphatic rings. The first-order chi connectivity index (χ1) is 14.5. The molecule has 2 aliphatic heterocycles. The number of likely N-dealkylation sites (N-methyl/N-ethyl adjacent to an activating group) is 1. The molecule has 2 amide bonds. The van der Waals surface area contributed by atoms with E-state index in [9.17, 15) is 9.59 Å². The lowest BCUT2D eigenvalue weighted by Gasteiger charge is -2.33. The minimum Gasteiger partial charge on any atom is -0.376 e. The molecule has 2 fully saturated rings. The quantitative estimate of drug-likeness (QED) is 0.222. The van der Waals surface area contributed by atoms with E-state index < -0.39 is 0 Å². The van der Waals surface area contributed by atoms with Crippen LogP contribution in [0.1, 0.15) is 45.4 Å². The number of likely N-dealkylation sites (tertiary alicyclic amines) is 1. The number of hydrogen-bond donors (Lipinski definition) is 3. The maximum atomic E-state index is 12.0. The van der Waals surface area contributed by atoms with E-state index in [1.165, 1.54) is 6.42 Å². The van der Waals surface area contributed by atoms with Gasteiger partial charge in [0.25, 0.3) is 0 Å². The highest BCUT2D eigenvalue weighted by molar-refractivity contribution is 14.0. The predicted octanol–water partition coefficient (Wildman–Crippen LogP) is 0.788. The summed E-state index contributed by atoms with van der Waals surface area (Å²) in [4.78, 5) is 32.1. The molecule has 0 aromatic heterocycles. The van der Waals surface area contributed by atoms with Crippen LogP contribution in [0.2, 0.25) is 0 Å². The van der Waals surface area contributed by atoms with Crippen LogP contribution >= 0.6 is 24.0 Å². The number of halogens is 1. The van der Waals surface area contributed by atoms with Gasteiger partial charge >= 0.3 is 0 Å². The number of amides is 2. The topological polar surface area (TPSA) is 98.3 Å². The third-order valence-corrected chi connectivity index (χ3v) is 5.51. The summed E-state index contributed by atoms with van der Waals surface area (Å²) in [5.41, 5.74) is 0. The van der Waals surface area contributed by atoms with Crippen LogP contribution in [0.4, 0.5) is 0 Å². The van der Waals surface area contributed by atoms with Gasteiger partial charge in [0, 0.05) is 52.9 Å². The SMILES string of the molecule is CCCNC(=O)CN1CCC(NC(=NCC(=O)N(C)C)NCC2CCCCO2)CC1.I. The lowest BCUT2D eigenvalue weighted by atomic mass is 10.1. The number of aliphatic imine (C=N–C) groups is 1. The summed E-state index contributed by atoms with van der Waals surface area (Å²) in [6.07, 6.45) is 6.38. The van der Waals surface area contributed by atoms with Crippen molar-refractivity contribution < 1.29 is 14.3 Å². The van der Waals surface area contributed by atoms with E-state index in [0.717, 1.165) is 58.3 Å². The fourth-order valence-electron chi connectivity index (χ4n) is 3.57. The Morgan fingerprint density at radius 2 is 1.87 bits per heavy atom. The van der Waals surface area contributed by atoms with Gasteiger partial charge in [0.05, 0.1) is 12.6 Å². The van der Waals surface area contributed by atoms with Crippen molar-refractivity contribution in [2.24, 2.45) is 4.99 Å². The number of hydrogen-bond acceptors (Lipinski definition) is 5. The number of ether oxygens (including phenoxy) is 1. The number of carbonyl (C=O) groups excluding carboxylic acids is 2. The van der Waals surface area contributed by atoms with Crippen molar-refractivity contribution in [2.45, 2.75) is 57.6 Å². The van der Waals surface area contributed by atoms with E-state index in [-0.39, 0.29) is 54.5 Å².